The minimum atomic E-state index is -4.67. The summed E-state index contributed by atoms with van der Waals surface area (Å²) in [7, 11) is 1.41. The van der Waals surface area contributed by atoms with Gasteiger partial charge >= 0.3 is 12.2 Å². The van der Waals surface area contributed by atoms with Crippen LogP contribution in [0.5, 0.6) is 0 Å². The Labute approximate surface area is 223 Å². The lowest BCUT2D eigenvalue weighted by Crippen LogP contribution is -2.42. The number of nitrogens with zero attached hydrogens (tertiary/aromatic N) is 3. The van der Waals surface area contributed by atoms with Gasteiger partial charge in [-0.2, -0.15) is 18.3 Å². The van der Waals surface area contributed by atoms with Crippen LogP contribution in [0.1, 0.15) is 32.0 Å². The summed E-state index contributed by atoms with van der Waals surface area (Å²) in [6.07, 6.45) is -4.67. The molecule has 3 rings (SSSR count). The quantitative estimate of drug-likeness (QED) is 0.361. The molecule has 2 aromatic carbocycles. The number of hydrogen-bond donors (Lipinski definition) is 2. The summed E-state index contributed by atoms with van der Waals surface area (Å²) in [5, 5.41) is 10.0. The molecular weight excluding hydrogens is 523 g/mol. The molecule has 12 heteroatoms. The van der Waals surface area contributed by atoms with Gasteiger partial charge in [-0.15, -0.1) is 0 Å². The van der Waals surface area contributed by atoms with Gasteiger partial charge in [-0.3, -0.25) is 4.79 Å². The number of rotatable bonds is 8. The van der Waals surface area contributed by atoms with Crippen molar-refractivity contribution in [2.45, 2.75) is 32.4 Å². The predicted octanol–water partition coefficient (Wildman–Crippen LogP) is 5.96. The van der Waals surface area contributed by atoms with Gasteiger partial charge in [0.2, 0.25) is 5.91 Å². The average Bonchev–Trinajstić information content (AvgIpc) is 3.25. The Morgan fingerprint density at radius 3 is 2.34 bits per heavy atom. The van der Waals surface area contributed by atoms with E-state index in [9.17, 15) is 22.8 Å². The van der Waals surface area contributed by atoms with Crippen molar-refractivity contribution in [3.05, 3.63) is 70.9 Å². The molecule has 0 bridgehead atoms. The zero-order chi connectivity index (χ0) is 28.1. The average molecular weight is 552 g/mol. The topological polar surface area (TPSA) is 88.5 Å². The summed E-state index contributed by atoms with van der Waals surface area (Å²) in [5.74, 6) is -0.267. The first-order valence-electron chi connectivity index (χ1n) is 11.7. The number of carbonyl (C=O) groups is 2. The maximum Gasteiger partial charge on any atom is 0.418 e. The summed E-state index contributed by atoms with van der Waals surface area (Å²) in [4.78, 5) is 27.1. The maximum absolute atomic E-state index is 13.4. The maximum atomic E-state index is 13.4. The molecule has 3 aromatic rings. The summed E-state index contributed by atoms with van der Waals surface area (Å²) >= 11 is 6.37. The summed E-state index contributed by atoms with van der Waals surface area (Å²) < 4.78 is 46.7. The third-order valence-corrected chi connectivity index (χ3v) is 5.81. The number of aromatic nitrogens is 2. The lowest BCUT2D eigenvalue weighted by molar-refractivity contribution is -0.137. The van der Waals surface area contributed by atoms with E-state index >= 15 is 0 Å². The van der Waals surface area contributed by atoms with Crippen LogP contribution in [0.2, 0.25) is 5.02 Å². The number of amides is 3. The molecule has 0 atom stereocenters. The van der Waals surface area contributed by atoms with Crippen molar-refractivity contribution >= 4 is 35.0 Å². The largest absolute Gasteiger partial charge is 0.418 e. The first-order chi connectivity index (χ1) is 17.8. The molecule has 8 nitrogen and oxygen atoms in total. The SMILES string of the molecule is COCCN(CC(=O)Nc1cc(C(C)(C)C)nn1-c1ccccc1Cl)C(=O)Nc1ccccc1C(F)(F)F. The van der Waals surface area contributed by atoms with Crippen molar-refractivity contribution in [2.24, 2.45) is 0 Å². The van der Waals surface area contributed by atoms with E-state index in [-0.39, 0.29) is 18.6 Å². The first-order valence-corrected chi connectivity index (χ1v) is 12.1. The second-order valence-electron chi connectivity index (χ2n) is 9.46. The van der Waals surface area contributed by atoms with E-state index in [2.05, 4.69) is 15.7 Å². The second-order valence-corrected chi connectivity index (χ2v) is 9.87. The number of benzene rings is 2. The van der Waals surface area contributed by atoms with Gasteiger partial charge in [-0.1, -0.05) is 56.6 Å². The molecule has 0 saturated carbocycles. The Hall–Kier alpha value is -3.57. The summed E-state index contributed by atoms with van der Waals surface area (Å²) in [5.41, 5.74) is -0.534. The normalized spacial score (nSPS) is 11.8. The van der Waals surface area contributed by atoms with E-state index in [1.165, 1.54) is 23.9 Å². The van der Waals surface area contributed by atoms with Crippen molar-refractivity contribution in [2.75, 3.05) is 37.4 Å². The van der Waals surface area contributed by atoms with E-state index < -0.39 is 35.9 Å². The van der Waals surface area contributed by atoms with Crippen LogP contribution >= 0.6 is 11.6 Å². The fraction of sp³-hybridized carbons (Fsp3) is 0.346. The molecule has 204 valence electrons. The molecule has 2 N–H and O–H groups in total. The monoisotopic (exact) mass is 551 g/mol. The van der Waals surface area contributed by atoms with Crippen LogP contribution in [0.15, 0.2) is 54.6 Å². The van der Waals surface area contributed by atoms with Gasteiger partial charge in [-0.25, -0.2) is 9.48 Å². The van der Waals surface area contributed by atoms with Crippen molar-refractivity contribution in [3.8, 4) is 5.69 Å². The second kappa shape index (κ2) is 11.9. The number of urea groups is 1. The van der Waals surface area contributed by atoms with Crippen LogP contribution in [0.3, 0.4) is 0 Å². The lowest BCUT2D eigenvalue weighted by Gasteiger charge is -2.23. The van der Waals surface area contributed by atoms with E-state index in [1.807, 2.05) is 20.8 Å². The van der Waals surface area contributed by atoms with Gasteiger partial charge in [-0.05, 0) is 24.3 Å². The Morgan fingerprint density at radius 1 is 1.05 bits per heavy atom. The van der Waals surface area contributed by atoms with Crippen molar-refractivity contribution in [1.29, 1.82) is 0 Å². The van der Waals surface area contributed by atoms with Crippen LogP contribution in [0, 0.1) is 0 Å². The Morgan fingerprint density at radius 2 is 1.71 bits per heavy atom. The fourth-order valence-corrected chi connectivity index (χ4v) is 3.70. The molecule has 0 saturated heterocycles. The number of carbonyl (C=O) groups excluding carboxylic acids is 2. The molecule has 38 heavy (non-hydrogen) atoms. The highest BCUT2D eigenvalue weighted by atomic mass is 35.5. The van der Waals surface area contributed by atoms with Gasteiger partial charge in [0.1, 0.15) is 12.4 Å². The van der Waals surface area contributed by atoms with Gasteiger partial charge in [0.05, 0.1) is 34.3 Å². The number of hydrogen-bond acceptors (Lipinski definition) is 4. The molecule has 0 spiro atoms. The van der Waals surface area contributed by atoms with Gasteiger partial charge < -0.3 is 20.3 Å². The van der Waals surface area contributed by atoms with Crippen molar-refractivity contribution in [3.63, 3.8) is 0 Å². The highest BCUT2D eigenvalue weighted by Crippen LogP contribution is 2.34. The predicted molar refractivity (Wildman–Crippen MR) is 140 cm³/mol. The number of para-hydroxylation sites is 2. The molecule has 0 aliphatic heterocycles. The van der Waals surface area contributed by atoms with E-state index in [0.717, 1.165) is 17.0 Å². The van der Waals surface area contributed by atoms with Crippen LogP contribution in [0.25, 0.3) is 5.69 Å². The number of anilines is 2. The number of ether oxygens (including phenoxy) is 1. The molecule has 1 heterocycles. The van der Waals surface area contributed by atoms with Crippen LogP contribution < -0.4 is 10.6 Å². The minimum absolute atomic E-state index is 0.0407. The first kappa shape index (κ1) is 29.0. The van der Waals surface area contributed by atoms with Crippen LogP contribution in [-0.4, -0.2) is 53.4 Å². The van der Waals surface area contributed by atoms with Crippen molar-refractivity contribution < 1.29 is 27.5 Å². The van der Waals surface area contributed by atoms with E-state index in [0.29, 0.717) is 22.2 Å². The van der Waals surface area contributed by atoms with Crippen LogP contribution in [0.4, 0.5) is 29.5 Å². The summed E-state index contributed by atoms with van der Waals surface area (Å²) in [6, 6.07) is 12.4. The molecule has 0 unspecified atom stereocenters. The molecule has 0 fully saturated rings. The number of methoxy groups -OCH3 is 1. The van der Waals surface area contributed by atoms with Gasteiger partial charge in [0.25, 0.3) is 0 Å². The molecule has 3 amide bonds. The Balaban J connectivity index is 1.85. The zero-order valence-electron chi connectivity index (χ0n) is 21.4. The van der Waals surface area contributed by atoms with E-state index in [4.69, 9.17) is 16.3 Å². The van der Waals surface area contributed by atoms with Crippen molar-refractivity contribution in [1.82, 2.24) is 14.7 Å². The van der Waals surface area contributed by atoms with Gasteiger partial charge in [0.15, 0.2) is 0 Å². The smallest absolute Gasteiger partial charge is 0.383 e. The molecule has 0 radical (unpaired) electrons. The summed E-state index contributed by atoms with van der Waals surface area (Å²) in [6.45, 7) is 5.46. The minimum Gasteiger partial charge on any atom is -0.383 e. The highest BCUT2D eigenvalue weighted by molar-refractivity contribution is 6.32. The molecule has 1 aromatic heterocycles. The third kappa shape index (κ3) is 7.26. The Bertz CT molecular complexity index is 1290. The lowest BCUT2D eigenvalue weighted by atomic mass is 9.92. The highest BCUT2D eigenvalue weighted by Gasteiger charge is 2.34. The Kier molecular flexibility index (Phi) is 9.05. The van der Waals surface area contributed by atoms with Gasteiger partial charge in [0, 0.05) is 25.1 Å². The molecule has 0 aliphatic carbocycles. The standard InChI is InChI=1S/C26H29ClF3N5O3/c1-25(2,3)21-15-22(35(33-21)20-12-8-6-10-18(20)27)32-23(36)16-34(13-14-38-4)24(37)31-19-11-7-5-9-17(19)26(28,29)30/h5-12,15H,13-14,16H2,1-4H3,(H,31,37)(H,32,36). The molecule has 0 aliphatic rings. The molecular formula is C26H29ClF3N5O3. The number of alkyl halides is 3. The number of halogens is 4. The zero-order valence-corrected chi connectivity index (χ0v) is 22.2. The van der Waals surface area contributed by atoms with E-state index in [1.54, 1.807) is 30.3 Å². The van der Waals surface area contributed by atoms with Crippen LogP contribution in [-0.2, 0) is 21.1 Å². The third-order valence-electron chi connectivity index (χ3n) is 5.49. The number of nitrogens with one attached hydrogen (secondary N) is 2. The fourth-order valence-electron chi connectivity index (χ4n) is 3.49.